The molecule has 1 aliphatic heterocycles. The molecule has 0 aromatic heterocycles. The molecule has 1 saturated heterocycles. The van der Waals surface area contributed by atoms with Gasteiger partial charge < -0.3 is 5.32 Å². The van der Waals surface area contributed by atoms with Crippen molar-refractivity contribution in [2.45, 2.75) is 30.8 Å². The molecule has 0 unspecified atom stereocenters. The lowest BCUT2D eigenvalue weighted by atomic mass is 10.1. The van der Waals surface area contributed by atoms with Gasteiger partial charge in [-0.15, -0.1) is 18.3 Å². The molecular weight excluding hydrogens is 340 g/mol. The SMILES string of the molecule is C=CCSc1ccccc1C(=O)NCc1ccc(CN2CCCC2)cc1. The Morgan fingerprint density at radius 3 is 2.50 bits per heavy atom. The predicted octanol–water partition coefficient (Wildman–Crippen LogP) is 4.49. The standard InChI is InChI=1S/C22H26N2OS/c1-2-15-26-21-8-4-3-7-20(21)22(25)23-16-18-9-11-19(12-10-18)17-24-13-5-6-14-24/h2-4,7-12H,1,5-6,13-17H2,(H,23,25). The second kappa shape index (κ2) is 9.60. The topological polar surface area (TPSA) is 32.3 Å². The molecule has 1 aliphatic rings. The van der Waals surface area contributed by atoms with Crippen LogP contribution in [0, 0.1) is 0 Å². The fourth-order valence-electron chi connectivity index (χ4n) is 3.17. The molecular formula is C22H26N2OS. The highest BCUT2D eigenvalue weighted by atomic mass is 32.2. The van der Waals surface area contributed by atoms with Crippen LogP contribution in [0.4, 0.5) is 0 Å². The molecule has 0 radical (unpaired) electrons. The number of likely N-dealkylation sites (tertiary alicyclic amines) is 1. The van der Waals surface area contributed by atoms with Crippen LogP contribution >= 0.6 is 11.8 Å². The molecule has 0 aliphatic carbocycles. The maximum Gasteiger partial charge on any atom is 0.252 e. The van der Waals surface area contributed by atoms with Crippen molar-refractivity contribution in [3.8, 4) is 0 Å². The highest BCUT2D eigenvalue weighted by Gasteiger charge is 2.12. The molecule has 2 aromatic rings. The van der Waals surface area contributed by atoms with Crippen molar-refractivity contribution in [1.82, 2.24) is 10.2 Å². The minimum absolute atomic E-state index is 0.0293. The third-order valence-electron chi connectivity index (χ3n) is 4.57. The third kappa shape index (κ3) is 5.23. The minimum Gasteiger partial charge on any atom is -0.348 e. The fraction of sp³-hybridized carbons (Fsp3) is 0.318. The van der Waals surface area contributed by atoms with Gasteiger partial charge in [0, 0.05) is 23.7 Å². The first-order valence-corrected chi connectivity index (χ1v) is 10.2. The van der Waals surface area contributed by atoms with E-state index >= 15 is 0 Å². The maximum atomic E-state index is 12.5. The van der Waals surface area contributed by atoms with E-state index in [1.165, 1.54) is 31.5 Å². The van der Waals surface area contributed by atoms with Crippen LogP contribution in [0.25, 0.3) is 0 Å². The van der Waals surface area contributed by atoms with E-state index in [-0.39, 0.29) is 5.91 Å². The van der Waals surface area contributed by atoms with Crippen molar-refractivity contribution >= 4 is 17.7 Å². The molecule has 3 rings (SSSR count). The summed E-state index contributed by atoms with van der Waals surface area (Å²) in [6, 6.07) is 16.3. The van der Waals surface area contributed by atoms with Crippen LogP contribution in [0.1, 0.15) is 34.3 Å². The first kappa shape index (κ1) is 18.7. The van der Waals surface area contributed by atoms with Gasteiger partial charge >= 0.3 is 0 Å². The number of nitrogens with one attached hydrogen (secondary N) is 1. The first-order valence-electron chi connectivity index (χ1n) is 9.17. The lowest BCUT2D eigenvalue weighted by Gasteiger charge is -2.15. The van der Waals surface area contributed by atoms with Gasteiger partial charge in [0.1, 0.15) is 0 Å². The van der Waals surface area contributed by atoms with Crippen LogP contribution in [-0.4, -0.2) is 29.6 Å². The highest BCUT2D eigenvalue weighted by Crippen LogP contribution is 2.22. The first-order chi connectivity index (χ1) is 12.8. The highest BCUT2D eigenvalue weighted by molar-refractivity contribution is 7.99. The van der Waals surface area contributed by atoms with Gasteiger partial charge in [-0.3, -0.25) is 9.69 Å². The summed E-state index contributed by atoms with van der Waals surface area (Å²) < 4.78 is 0. The number of rotatable bonds is 8. The zero-order valence-corrected chi connectivity index (χ0v) is 15.9. The summed E-state index contributed by atoms with van der Waals surface area (Å²) in [5.41, 5.74) is 3.19. The molecule has 136 valence electrons. The maximum absolute atomic E-state index is 12.5. The Labute approximate surface area is 160 Å². The molecule has 26 heavy (non-hydrogen) atoms. The Kier molecular flexibility index (Phi) is 6.92. The summed E-state index contributed by atoms with van der Waals surface area (Å²) in [7, 11) is 0. The van der Waals surface area contributed by atoms with Crippen molar-refractivity contribution in [3.63, 3.8) is 0 Å². The number of hydrogen-bond donors (Lipinski definition) is 1. The molecule has 1 fully saturated rings. The zero-order chi connectivity index (χ0) is 18.2. The normalized spacial score (nSPS) is 14.3. The van der Waals surface area contributed by atoms with Crippen LogP contribution in [0.15, 0.2) is 66.1 Å². The van der Waals surface area contributed by atoms with Crippen LogP contribution in [0.5, 0.6) is 0 Å². The minimum atomic E-state index is -0.0293. The van der Waals surface area contributed by atoms with E-state index in [2.05, 4.69) is 41.1 Å². The Hall–Kier alpha value is -2.04. The Morgan fingerprint density at radius 1 is 1.08 bits per heavy atom. The summed E-state index contributed by atoms with van der Waals surface area (Å²) in [4.78, 5) is 16.0. The molecule has 1 heterocycles. The second-order valence-electron chi connectivity index (χ2n) is 6.58. The lowest BCUT2D eigenvalue weighted by molar-refractivity contribution is 0.0948. The van der Waals surface area contributed by atoms with Crippen LogP contribution in [-0.2, 0) is 13.1 Å². The van der Waals surface area contributed by atoms with Crippen molar-refractivity contribution in [3.05, 3.63) is 77.9 Å². The molecule has 0 spiro atoms. The largest absolute Gasteiger partial charge is 0.348 e. The van der Waals surface area contributed by atoms with E-state index in [0.717, 1.165) is 28.3 Å². The molecule has 0 saturated carbocycles. The zero-order valence-electron chi connectivity index (χ0n) is 15.1. The summed E-state index contributed by atoms with van der Waals surface area (Å²) in [5.74, 6) is 0.765. The Balaban J connectivity index is 1.55. The van der Waals surface area contributed by atoms with Gasteiger partial charge in [-0.05, 0) is 49.2 Å². The van der Waals surface area contributed by atoms with Gasteiger partial charge in [-0.25, -0.2) is 0 Å². The monoisotopic (exact) mass is 366 g/mol. The number of carbonyl (C=O) groups excluding carboxylic acids is 1. The van der Waals surface area contributed by atoms with Crippen LogP contribution in [0.2, 0.25) is 0 Å². The molecule has 3 nitrogen and oxygen atoms in total. The van der Waals surface area contributed by atoms with Crippen molar-refractivity contribution < 1.29 is 4.79 Å². The van der Waals surface area contributed by atoms with E-state index in [9.17, 15) is 4.79 Å². The Bertz CT molecular complexity index is 736. The average molecular weight is 367 g/mol. The van der Waals surface area contributed by atoms with Gasteiger partial charge in [0.2, 0.25) is 0 Å². The number of benzene rings is 2. The van der Waals surface area contributed by atoms with E-state index in [0.29, 0.717) is 6.54 Å². The lowest BCUT2D eigenvalue weighted by Crippen LogP contribution is -2.23. The summed E-state index contributed by atoms with van der Waals surface area (Å²) in [6.07, 6.45) is 4.48. The van der Waals surface area contributed by atoms with E-state index < -0.39 is 0 Å². The molecule has 2 aromatic carbocycles. The number of carbonyl (C=O) groups is 1. The van der Waals surface area contributed by atoms with Crippen molar-refractivity contribution in [1.29, 1.82) is 0 Å². The predicted molar refractivity (Wildman–Crippen MR) is 109 cm³/mol. The molecule has 1 N–H and O–H groups in total. The molecule has 0 bridgehead atoms. The molecule has 1 amide bonds. The van der Waals surface area contributed by atoms with Gasteiger partial charge in [0.05, 0.1) is 5.56 Å². The number of amides is 1. The number of hydrogen-bond acceptors (Lipinski definition) is 3. The van der Waals surface area contributed by atoms with Crippen molar-refractivity contribution in [2.24, 2.45) is 0 Å². The van der Waals surface area contributed by atoms with Gasteiger partial charge in [-0.1, -0.05) is 42.5 Å². The van der Waals surface area contributed by atoms with Gasteiger partial charge in [-0.2, -0.15) is 0 Å². The molecule has 0 atom stereocenters. The summed E-state index contributed by atoms with van der Waals surface area (Å²) in [6.45, 7) is 7.73. The van der Waals surface area contributed by atoms with E-state index in [1.54, 1.807) is 11.8 Å². The van der Waals surface area contributed by atoms with Crippen LogP contribution in [0.3, 0.4) is 0 Å². The van der Waals surface area contributed by atoms with Gasteiger partial charge in [0.15, 0.2) is 0 Å². The van der Waals surface area contributed by atoms with E-state index in [4.69, 9.17) is 0 Å². The van der Waals surface area contributed by atoms with E-state index in [1.807, 2.05) is 30.3 Å². The quantitative estimate of drug-likeness (QED) is 0.552. The van der Waals surface area contributed by atoms with Gasteiger partial charge in [0.25, 0.3) is 5.91 Å². The Morgan fingerprint density at radius 2 is 1.77 bits per heavy atom. The average Bonchev–Trinajstić information content (AvgIpc) is 3.19. The number of thioether (sulfide) groups is 1. The third-order valence-corrected chi connectivity index (χ3v) is 5.64. The summed E-state index contributed by atoms with van der Waals surface area (Å²) >= 11 is 1.63. The number of nitrogens with zero attached hydrogens (tertiary/aromatic N) is 1. The fourth-order valence-corrected chi connectivity index (χ4v) is 3.96. The van der Waals surface area contributed by atoms with Crippen LogP contribution < -0.4 is 5.32 Å². The summed E-state index contributed by atoms with van der Waals surface area (Å²) in [5, 5.41) is 3.04. The second-order valence-corrected chi connectivity index (χ2v) is 7.64. The van der Waals surface area contributed by atoms with Crippen molar-refractivity contribution in [2.75, 3.05) is 18.8 Å². The smallest absolute Gasteiger partial charge is 0.252 e. The molecule has 4 heteroatoms.